The maximum Gasteiger partial charge on any atom is 0.254 e. The maximum absolute atomic E-state index is 12.8. The van der Waals surface area contributed by atoms with Crippen LogP contribution in [0.15, 0.2) is 40.0 Å². The second-order valence-corrected chi connectivity index (χ2v) is 9.51. The predicted octanol–water partition coefficient (Wildman–Crippen LogP) is 2.91. The molecular formula is C19H21ClN2O4S. The summed E-state index contributed by atoms with van der Waals surface area (Å²) in [5.74, 6) is 0.496. The average molecular weight is 409 g/mol. The van der Waals surface area contributed by atoms with E-state index in [1.54, 1.807) is 29.7 Å². The first-order valence-electron chi connectivity index (χ1n) is 8.92. The lowest BCUT2D eigenvalue weighted by Crippen LogP contribution is -2.56. The molecule has 1 aromatic heterocycles. The van der Waals surface area contributed by atoms with Crippen LogP contribution in [-0.4, -0.2) is 36.5 Å². The predicted molar refractivity (Wildman–Crippen MR) is 103 cm³/mol. The summed E-state index contributed by atoms with van der Waals surface area (Å²) in [7, 11) is -3.60. The third-order valence-corrected chi connectivity index (χ3v) is 7.48. The molecule has 1 saturated heterocycles. The number of hydrogen-bond donors (Lipinski definition) is 0. The Labute approximate surface area is 163 Å². The molecule has 4 rings (SSSR count). The Morgan fingerprint density at radius 1 is 1.15 bits per heavy atom. The first-order valence-corrected chi connectivity index (χ1v) is 10.7. The number of sulfonamides is 1. The molecule has 0 amide bonds. The third kappa shape index (κ3) is 3.39. The van der Waals surface area contributed by atoms with Gasteiger partial charge in [0, 0.05) is 22.8 Å². The molecule has 27 heavy (non-hydrogen) atoms. The van der Waals surface area contributed by atoms with Crippen LogP contribution in [0.5, 0.6) is 5.75 Å². The van der Waals surface area contributed by atoms with Gasteiger partial charge in [0.15, 0.2) is 0 Å². The van der Waals surface area contributed by atoms with Crippen LogP contribution in [-0.2, 0) is 10.0 Å². The molecule has 1 aliphatic heterocycles. The monoisotopic (exact) mass is 408 g/mol. The summed E-state index contributed by atoms with van der Waals surface area (Å²) < 4.78 is 34.6. The molecule has 1 aliphatic carbocycles. The Kier molecular flexibility index (Phi) is 4.56. The van der Waals surface area contributed by atoms with E-state index in [0.29, 0.717) is 22.4 Å². The van der Waals surface area contributed by atoms with Gasteiger partial charge in [-0.15, -0.1) is 0 Å². The van der Waals surface area contributed by atoms with Gasteiger partial charge < -0.3 is 9.30 Å². The summed E-state index contributed by atoms with van der Waals surface area (Å²) in [6.07, 6.45) is 1.81. The quantitative estimate of drug-likeness (QED) is 0.762. The number of rotatable bonds is 5. The number of aryl methyl sites for hydroxylation is 1. The molecule has 2 aromatic rings. The van der Waals surface area contributed by atoms with Crippen LogP contribution in [0.3, 0.4) is 0 Å². The summed E-state index contributed by atoms with van der Waals surface area (Å²) in [6, 6.07) is 8.52. The summed E-state index contributed by atoms with van der Waals surface area (Å²) in [6.45, 7) is 4.09. The zero-order valence-electron chi connectivity index (χ0n) is 15.2. The highest BCUT2D eigenvalue weighted by atomic mass is 35.5. The van der Waals surface area contributed by atoms with E-state index < -0.39 is 10.0 Å². The molecular weight excluding hydrogens is 388 g/mol. The number of benzene rings is 1. The number of aromatic nitrogens is 1. The Balaban J connectivity index is 1.45. The second kappa shape index (κ2) is 6.65. The SMILES string of the molecule is Cc1c(Cl)cccc1S(=O)(=O)N1CC(Oc2cc(C)n(C3CC3)c(=O)c2)C1. The van der Waals surface area contributed by atoms with Gasteiger partial charge in [0.1, 0.15) is 11.9 Å². The fourth-order valence-corrected chi connectivity index (χ4v) is 5.40. The third-order valence-electron chi connectivity index (χ3n) is 5.10. The van der Waals surface area contributed by atoms with Crippen LogP contribution in [0.4, 0.5) is 0 Å². The smallest absolute Gasteiger partial charge is 0.254 e. The average Bonchev–Trinajstić information content (AvgIpc) is 3.37. The van der Waals surface area contributed by atoms with Crippen molar-refractivity contribution in [2.45, 2.75) is 43.7 Å². The van der Waals surface area contributed by atoms with E-state index in [0.717, 1.165) is 18.5 Å². The second-order valence-electron chi connectivity index (χ2n) is 7.20. The van der Waals surface area contributed by atoms with Crippen molar-refractivity contribution in [1.29, 1.82) is 0 Å². The minimum atomic E-state index is -3.60. The molecule has 6 nitrogen and oxygen atoms in total. The fourth-order valence-electron chi connectivity index (χ4n) is 3.42. The van der Waals surface area contributed by atoms with Crippen molar-refractivity contribution >= 4 is 21.6 Å². The molecule has 0 atom stereocenters. The van der Waals surface area contributed by atoms with Crippen molar-refractivity contribution in [3.63, 3.8) is 0 Å². The topological polar surface area (TPSA) is 68.6 Å². The minimum absolute atomic E-state index is 0.0640. The lowest BCUT2D eigenvalue weighted by molar-refractivity contribution is 0.0758. The van der Waals surface area contributed by atoms with Crippen LogP contribution in [0.2, 0.25) is 5.02 Å². The highest BCUT2D eigenvalue weighted by Gasteiger charge is 2.39. The van der Waals surface area contributed by atoms with Gasteiger partial charge in [0.05, 0.1) is 18.0 Å². The van der Waals surface area contributed by atoms with E-state index in [1.807, 2.05) is 13.0 Å². The van der Waals surface area contributed by atoms with E-state index in [-0.39, 0.29) is 29.6 Å². The lowest BCUT2D eigenvalue weighted by atomic mass is 10.2. The fraction of sp³-hybridized carbons (Fsp3) is 0.421. The first kappa shape index (κ1) is 18.5. The molecule has 2 fully saturated rings. The molecule has 1 aromatic carbocycles. The van der Waals surface area contributed by atoms with Crippen LogP contribution in [0.25, 0.3) is 0 Å². The number of halogens is 1. The lowest BCUT2D eigenvalue weighted by Gasteiger charge is -2.38. The van der Waals surface area contributed by atoms with E-state index in [2.05, 4.69) is 0 Å². The number of nitrogens with zero attached hydrogens (tertiary/aromatic N) is 2. The van der Waals surface area contributed by atoms with Gasteiger partial charge >= 0.3 is 0 Å². The Morgan fingerprint density at radius 3 is 2.48 bits per heavy atom. The number of ether oxygens (including phenoxy) is 1. The summed E-state index contributed by atoms with van der Waals surface area (Å²) >= 11 is 6.05. The molecule has 0 radical (unpaired) electrons. The normalized spacial score (nSPS) is 18.3. The zero-order valence-corrected chi connectivity index (χ0v) is 16.8. The first-order chi connectivity index (χ1) is 12.8. The van der Waals surface area contributed by atoms with Crippen molar-refractivity contribution in [3.8, 4) is 5.75 Å². The van der Waals surface area contributed by atoms with Crippen molar-refractivity contribution in [2.75, 3.05) is 13.1 Å². The van der Waals surface area contributed by atoms with Crippen LogP contribution < -0.4 is 10.3 Å². The van der Waals surface area contributed by atoms with Gasteiger partial charge in [-0.3, -0.25) is 4.79 Å². The molecule has 0 N–H and O–H groups in total. The minimum Gasteiger partial charge on any atom is -0.487 e. The Morgan fingerprint density at radius 2 is 1.85 bits per heavy atom. The van der Waals surface area contributed by atoms with Gasteiger partial charge in [-0.05, 0) is 50.5 Å². The van der Waals surface area contributed by atoms with Gasteiger partial charge in [-0.25, -0.2) is 8.42 Å². The number of pyridine rings is 1. The van der Waals surface area contributed by atoms with Gasteiger partial charge in [0.25, 0.3) is 5.56 Å². The molecule has 0 spiro atoms. The van der Waals surface area contributed by atoms with Crippen molar-refractivity contribution in [2.24, 2.45) is 0 Å². The summed E-state index contributed by atoms with van der Waals surface area (Å²) in [4.78, 5) is 12.5. The Bertz CT molecular complexity index is 1050. The van der Waals surface area contributed by atoms with Crippen molar-refractivity contribution in [1.82, 2.24) is 8.87 Å². The summed E-state index contributed by atoms with van der Waals surface area (Å²) in [5, 5.41) is 0.427. The zero-order chi connectivity index (χ0) is 19.3. The van der Waals surface area contributed by atoms with Crippen LogP contribution in [0.1, 0.15) is 30.1 Å². The van der Waals surface area contributed by atoms with Crippen molar-refractivity contribution < 1.29 is 13.2 Å². The molecule has 0 unspecified atom stereocenters. The largest absolute Gasteiger partial charge is 0.487 e. The molecule has 144 valence electrons. The van der Waals surface area contributed by atoms with Crippen molar-refractivity contribution in [3.05, 3.63) is 57.0 Å². The number of hydrogen-bond acceptors (Lipinski definition) is 4. The van der Waals surface area contributed by atoms with E-state index in [9.17, 15) is 13.2 Å². The standard InChI is InChI=1S/C19H21ClN2O4S/c1-12-8-15(9-19(23)22(12)14-6-7-14)26-16-10-21(11-16)27(24,25)18-5-3-4-17(20)13(18)2/h3-5,8-9,14,16H,6-7,10-11H2,1-2H3. The molecule has 2 aliphatic rings. The van der Waals surface area contributed by atoms with Gasteiger partial charge in [-0.1, -0.05) is 17.7 Å². The maximum atomic E-state index is 12.8. The molecule has 1 saturated carbocycles. The van der Waals surface area contributed by atoms with E-state index in [1.165, 1.54) is 10.4 Å². The van der Waals surface area contributed by atoms with Gasteiger partial charge in [0.2, 0.25) is 10.0 Å². The van der Waals surface area contributed by atoms with E-state index >= 15 is 0 Å². The van der Waals surface area contributed by atoms with Crippen LogP contribution >= 0.6 is 11.6 Å². The highest BCUT2D eigenvalue weighted by molar-refractivity contribution is 7.89. The molecule has 2 heterocycles. The summed E-state index contributed by atoms with van der Waals surface area (Å²) in [5.41, 5.74) is 1.35. The van der Waals surface area contributed by atoms with Gasteiger partial charge in [-0.2, -0.15) is 4.31 Å². The van der Waals surface area contributed by atoms with Crippen LogP contribution in [0, 0.1) is 13.8 Å². The Hall–Kier alpha value is -1.83. The highest BCUT2D eigenvalue weighted by Crippen LogP contribution is 2.35. The molecule has 0 bridgehead atoms. The molecule has 8 heteroatoms. The van der Waals surface area contributed by atoms with E-state index in [4.69, 9.17) is 16.3 Å².